The van der Waals surface area contributed by atoms with Crippen LogP contribution in [-0.4, -0.2) is 0 Å². The Balaban J connectivity index is 3.58. The van der Waals surface area contributed by atoms with Gasteiger partial charge in [-0.2, -0.15) is 0 Å². The number of hydrogen-bond donors (Lipinski definition) is 0. The quantitative estimate of drug-likeness (QED) is 0.506. The Bertz CT molecular complexity index is 111. The van der Waals surface area contributed by atoms with Crippen LogP contribution in [0.4, 0.5) is 0 Å². The van der Waals surface area contributed by atoms with Gasteiger partial charge < -0.3 is 0 Å². The van der Waals surface area contributed by atoms with E-state index in [4.69, 9.17) is 0 Å². The minimum absolute atomic E-state index is 0.827. The van der Waals surface area contributed by atoms with Gasteiger partial charge in [0.1, 0.15) is 0 Å². The molecule has 0 aromatic carbocycles. The zero-order valence-corrected chi connectivity index (χ0v) is 7.84. The van der Waals surface area contributed by atoms with Gasteiger partial charge in [-0.05, 0) is 25.7 Å². The van der Waals surface area contributed by atoms with Crippen molar-refractivity contribution >= 4 is 0 Å². The van der Waals surface area contributed by atoms with Gasteiger partial charge >= 0.3 is 0 Å². The van der Waals surface area contributed by atoms with Gasteiger partial charge in [0.25, 0.3) is 0 Å². The van der Waals surface area contributed by atoms with Crippen LogP contribution >= 0.6 is 0 Å². The third-order valence-electron chi connectivity index (χ3n) is 1.90. The molecule has 1 unspecified atom stereocenters. The van der Waals surface area contributed by atoms with Crippen molar-refractivity contribution in [3.63, 3.8) is 0 Å². The summed E-state index contributed by atoms with van der Waals surface area (Å²) in [6.45, 7) is 8.09. The van der Waals surface area contributed by atoms with Gasteiger partial charge in [0.2, 0.25) is 0 Å². The fraction of sp³-hybridized carbons (Fsp3) is 0.636. The minimum atomic E-state index is 0.827. The Kier molecular flexibility index (Phi) is 7.23. The summed E-state index contributed by atoms with van der Waals surface area (Å²) in [6, 6.07) is 0. The molecule has 0 aliphatic carbocycles. The normalized spacial score (nSPS) is 13.6. The first-order valence-corrected chi connectivity index (χ1v) is 4.57. The van der Waals surface area contributed by atoms with Crippen molar-refractivity contribution in [2.75, 3.05) is 0 Å². The largest absolute Gasteiger partial charge is 0.103 e. The molecule has 0 saturated heterocycles. The number of hydrogen-bond acceptors (Lipinski definition) is 0. The smallest absolute Gasteiger partial charge is 0.0319 e. The van der Waals surface area contributed by atoms with Crippen LogP contribution in [0, 0.1) is 5.92 Å². The van der Waals surface area contributed by atoms with Gasteiger partial charge in [-0.3, -0.25) is 0 Å². The molecule has 0 rings (SSSR count). The minimum Gasteiger partial charge on any atom is -0.103 e. The van der Waals surface area contributed by atoms with Gasteiger partial charge in [0.05, 0.1) is 0 Å². The Labute approximate surface area is 71.0 Å². The summed E-state index contributed by atoms with van der Waals surface area (Å²) in [4.78, 5) is 0. The molecular formula is C11H20. The molecule has 0 bridgehead atoms. The second kappa shape index (κ2) is 7.59. The third kappa shape index (κ3) is 5.90. The molecule has 0 aliphatic rings. The summed E-state index contributed by atoms with van der Waals surface area (Å²) in [7, 11) is 0. The molecule has 0 aromatic heterocycles. The van der Waals surface area contributed by atoms with Crippen LogP contribution in [0.1, 0.15) is 39.5 Å². The molecule has 64 valence electrons. The molecule has 1 atom stereocenters. The van der Waals surface area contributed by atoms with E-state index in [1.54, 1.807) is 0 Å². The van der Waals surface area contributed by atoms with Gasteiger partial charge in [-0.15, -0.1) is 6.58 Å². The predicted octanol–water partition coefficient (Wildman–Crippen LogP) is 3.95. The molecule has 0 aromatic rings. The van der Waals surface area contributed by atoms with Crippen molar-refractivity contribution in [3.05, 3.63) is 24.8 Å². The van der Waals surface area contributed by atoms with E-state index >= 15 is 0 Å². The van der Waals surface area contributed by atoms with E-state index in [0.717, 1.165) is 12.3 Å². The lowest BCUT2D eigenvalue weighted by molar-refractivity contribution is 0.491. The summed E-state index contributed by atoms with van der Waals surface area (Å²) in [5.74, 6) is 0.827. The Morgan fingerprint density at radius 2 is 2.09 bits per heavy atom. The van der Waals surface area contributed by atoms with E-state index in [-0.39, 0.29) is 0 Å². The summed E-state index contributed by atoms with van der Waals surface area (Å²) in [5, 5.41) is 0. The Morgan fingerprint density at radius 3 is 2.55 bits per heavy atom. The maximum atomic E-state index is 3.77. The van der Waals surface area contributed by atoms with E-state index < -0.39 is 0 Å². The monoisotopic (exact) mass is 152 g/mol. The zero-order valence-electron chi connectivity index (χ0n) is 7.84. The van der Waals surface area contributed by atoms with Crippen molar-refractivity contribution in [3.8, 4) is 0 Å². The second-order valence-corrected chi connectivity index (χ2v) is 2.98. The maximum Gasteiger partial charge on any atom is -0.0319 e. The van der Waals surface area contributed by atoms with Crippen molar-refractivity contribution < 1.29 is 0 Å². The number of rotatable bonds is 6. The fourth-order valence-electron chi connectivity index (χ4n) is 1.30. The molecule has 0 spiro atoms. The van der Waals surface area contributed by atoms with Gasteiger partial charge in [0, 0.05) is 0 Å². The van der Waals surface area contributed by atoms with Crippen LogP contribution in [0.3, 0.4) is 0 Å². The fourth-order valence-corrected chi connectivity index (χ4v) is 1.30. The zero-order chi connectivity index (χ0) is 8.53. The van der Waals surface area contributed by atoms with E-state index in [0.29, 0.717) is 0 Å². The summed E-state index contributed by atoms with van der Waals surface area (Å²) >= 11 is 0. The molecule has 11 heavy (non-hydrogen) atoms. The van der Waals surface area contributed by atoms with Crippen molar-refractivity contribution in [2.45, 2.75) is 39.5 Å². The Hall–Kier alpha value is -0.520. The van der Waals surface area contributed by atoms with Crippen LogP contribution in [0.5, 0.6) is 0 Å². The first-order chi connectivity index (χ1) is 5.35. The van der Waals surface area contributed by atoms with Gasteiger partial charge in [0.15, 0.2) is 0 Å². The van der Waals surface area contributed by atoms with E-state index in [1.165, 1.54) is 19.3 Å². The Morgan fingerprint density at radius 1 is 1.36 bits per heavy atom. The van der Waals surface area contributed by atoms with E-state index in [1.807, 2.05) is 6.08 Å². The molecular weight excluding hydrogens is 132 g/mol. The highest BCUT2D eigenvalue weighted by atomic mass is 14.1. The molecule has 0 heteroatoms. The van der Waals surface area contributed by atoms with E-state index in [9.17, 15) is 0 Å². The average Bonchev–Trinajstić information content (AvgIpc) is 2.01. The summed E-state index contributed by atoms with van der Waals surface area (Å²) in [5.41, 5.74) is 0. The summed E-state index contributed by atoms with van der Waals surface area (Å²) < 4.78 is 0. The van der Waals surface area contributed by atoms with Gasteiger partial charge in [-0.1, -0.05) is 38.0 Å². The van der Waals surface area contributed by atoms with Crippen LogP contribution in [0.25, 0.3) is 0 Å². The predicted molar refractivity (Wildman–Crippen MR) is 52.6 cm³/mol. The van der Waals surface area contributed by atoms with Crippen molar-refractivity contribution in [2.24, 2.45) is 5.92 Å². The highest BCUT2D eigenvalue weighted by molar-refractivity contribution is 4.83. The highest BCUT2D eigenvalue weighted by Gasteiger charge is 2.01. The van der Waals surface area contributed by atoms with Crippen molar-refractivity contribution in [1.29, 1.82) is 0 Å². The topological polar surface area (TPSA) is 0 Å². The molecule has 0 N–H and O–H groups in total. The number of allylic oxidation sites excluding steroid dienone is 3. The van der Waals surface area contributed by atoms with E-state index in [2.05, 4.69) is 32.6 Å². The van der Waals surface area contributed by atoms with Crippen molar-refractivity contribution in [1.82, 2.24) is 0 Å². The molecule has 0 aliphatic heterocycles. The molecule has 0 amide bonds. The van der Waals surface area contributed by atoms with Crippen LogP contribution in [-0.2, 0) is 0 Å². The van der Waals surface area contributed by atoms with Crippen LogP contribution < -0.4 is 0 Å². The van der Waals surface area contributed by atoms with Crippen LogP contribution in [0.15, 0.2) is 24.8 Å². The molecule has 0 fully saturated rings. The molecule has 0 heterocycles. The summed E-state index contributed by atoms with van der Waals surface area (Å²) in [6.07, 6.45) is 11.4. The molecule has 0 radical (unpaired) electrons. The maximum absolute atomic E-state index is 3.77. The standard InChI is InChI=1S/C11H20/c1-4-7-10-11(8-5-2)9-6-3/h4-5,7,11H,2,6,8-10H2,1,3H3/b7-4+. The lowest BCUT2D eigenvalue weighted by atomic mass is 9.96. The first kappa shape index (κ1) is 10.5. The SMILES string of the molecule is C=CCC(C/C=C/C)CCC. The first-order valence-electron chi connectivity index (χ1n) is 4.57. The highest BCUT2D eigenvalue weighted by Crippen LogP contribution is 2.16. The second-order valence-electron chi connectivity index (χ2n) is 2.98. The lowest BCUT2D eigenvalue weighted by Crippen LogP contribution is -1.96. The third-order valence-corrected chi connectivity index (χ3v) is 1.90. The molecule has 0 saturated carbocycles. The van der Waals surface area contributed by atoms with Gasteiger partial charge in [-0.25, -0.2) is 0 Å². The lowest BCUT2D eigenvalue weighted by Gasteiger charge is -2.10. The molecule has 0 nitrogen and oxygen atoms in total. The average molecular weight is 152 g/mol. The van der Waals surface area contributed by atoms with Crippen LogP contribution in [0.2, 0.25) is 0 Å².